The lowest BCUT2D eigenvalue weighted by atomic mass is 9.70. The average Bonchev–Trinajstić information content (AvgIpc) is 0.746. The van der Waals surface area contributed by atoms with E-state index >= 15 is 0 Å². The van der Waals surface area contributed by atoms with E-state index in [-0.39, 0.29) is 71.0 Å². The van der Waals surface area contributed by atoms with Gasteiger partial charge in [-0.1, -0.05) is 191 Å². The number of aliphatic hydroxyl groups is 1. The molecule has 0 atom stereocenters. The third-order valence-electron chi connectivity index (χ3n) is 35.0. The van der Waals surface area contributed by atoms with Gasteiger partial charge in [-0.25, -0.2) is 0 Å². The maximum atomic E-state index is 7.88. The van der Waals surface area contributed by atoms with Gasteiger partial charge in [0.05, 0.1) is 0 Å². The van der Waals surface area contributed by atoms with E-state index in [9.17, 15) is 0 Å². The van der Waals surface area contributed by atoms with Crippen molar-refractivity contribution in [3.8, 4) is 0 Å². The van der Waals surface area contributed by atoms with E-state index in [4.69, 9.17) is 5.11 Å². The van der Waals surface area contributed by atoms with Gasteiger partial charge in [0.1, 0.15) is 0 Å². The molecule has 0 spiro atoms. The Kier molecular flexibility index (Phi) is 25.6. The van der Waals surface area contributed by atoms with Crippen molar-refractivity contribution in [2.24, 2.45) is 0 Å². The Balaban J connectivity index is 0.00000279. The van der Waals surface area contributed by atoms with Crippen LogP contribution >= 0.6 is 0 Å². The van der Waals surface area contributed by atoms with Crippen LogP contribution in [0.15, 0.2) is 146 Å². The second kappa shape index (κ2) is 36.5. The summed E-state index contributed by atoms with van der Waals surface area (Å²) in [6.45, 7) is 62.4. The molecule has 130 heavy (non-hydrogen) atoms. The van der Waals surface area contributed by atoms with Gasteiger partial charge in [0.25, 0.3) is 0 Å². The standard InChI is InChI=1S/C126H144.C3H8O/c1-67-43-68(2)104-55-103(67)91-31-25-32-93-105-56-107(71(5)44-69(105)3)96-37-28-38-99-112-59-110(74(8)47-76(112)10)98(120-63-119(93)83(17)51-84(120)18)39-29-40-101-113-60-114(78(12)48-77(113)11)102(126-66-125(99)89(23)54-90(126)24)42-30-41-100-111-58-109(73(7)46-75(111)9)97(123-65-124(101)88(22)53-87(123)21)36-27-35-94(116-61-115(91)79(13)49-80(116)14)106-57-108(72(6)45-70(106)4)95(121-64-122(100)86(20)52-85(121)19)34-26-33-92(104)117-62-118(96)82(16)50-81(117)15;1-2-3-4/h43-66,91-102H,25-42H2,1-24H3;4H,2-3H2,1H3/t91-,92?,93+,94+,95?,96?,97-,98-,99?,100?,101+,102?;. The monoisotopic (exact) mass is 1720 g/mol. The Morgan fingerprint density at radius 1 is 0.138 bits per heavy atom. The molecule has 7 aliphatic rings. The van der Waals surface area contributed by atoms with Crippen molar-refractivity contribution < 1.29 is 5.11 Å². The van der Waals surface area contributed by atoms with Gasteiger partial charge < -0.3 is 5.11 Å². The van der Waals surface area contributed by atoms with Crippen molar-refractivity contribution >= 4 is 0 Å². The Bertz CT molecular complexity index is 5140. The van der Waals surface area contributed by atoms with Gasteiger partial charge in [0.15, 0.2) is 0 Å². The first kappa shape index (κ1) is 91.1. The third kappa shape index (κ3) is 16.5. The predicted molar refractivity (Wildman–Crippen MR) is 554 cm³/mol. The van der Waals surface area contributed by atoms with Gasteiger partial charge in [-0.2, -0.15) is 0 Å². The van der Waals surface area contributed by atoms with E-state index < -0.39 is 0 Å². The molecule has 0 heterocycles. The van der Waals surface area contributed by atoms with Crippen LogP contribution in [0.2, 0.25) is 0 Å². The molecule has 0 aromatic heterocycles. The van der Waals surface area contributed by atoms with Crippen molar-refractivity contribution in [1.29, 1.82) is 0 Å². The zero-order valence-corrected chi connectivity index (χ0v) is 84.4. The quantitative estimate of drug-likeness (QED) is 0.174. The third-order valence-corrected chi connectivity index (χ3v) is 35.0. The molecule has 0 amide bonds. The number of aryl methyl sites for hydroxylation is 24. The summed E-state index contributed by atoms with van der Waals surface area (Å²) in [6.07, 6.45) is 20.0. The number of benzene rings is 12. The van der Waals surface area contributed by atoms with Crippen LogP contribution in [0.4, 0.5) is 0 Å². The van der Waals surface area contributed by atoms with Gasteiger partial charge in [-0.3, -0.25) is 0 Å². The molecule has 1 N–H and O–H groups in total. The van der Waals surface area contributed by atoms with Crippen molar-refractivity contribution in [2.45, 2.75) is 366 Å². The lowest BCUT2D eigenvalue weighted by molar-refractivity contribution is 0.295. The molecule has 0 saturated heterocycles. The molecule has 0 aliphatic heterocycles. The molecule has 1 heteroatoms. The molecule has 0 saturated carbocycles. The highest BCUT2D eigenvalue weighted by Crippen LogP contribution is 2.56. The molecule has 0 unspecified atom stereocenters. The summed E-state index contributed by atoms with van der Waals surface area (Å²) in [7, 11) is 0. The van der Waals surface area contributed by atoms with Crippen molar-refractivity contribution in [3.05, 3.63) is 413 Å². The largest absolute Gasteiger partial charge is 0.396 e. The Morgan fingerprint density at radius 3 is 0.254 bits per heavy atom. The molecule has 12 aromatic carbocycles. The van der Waals surface area contributed by atoms with Crippen LogP contribution in [-0.2, 0) is 0 Å². The summed E-state index contributed by atoms with van der Waals surface area (Å²) >= 11 is 0. The molecule has 0 fully saturated rings. The van der Waals surface area contributed by atoms with E-state index in [1.165, 1.54) is 267 Å². The highest BCUT2D eigenvalue weighted by Gasteiger charge is 2.39. The predicted octanol–water partition coefficient (Wildman–Crippen LogP) is 34.5. The number of hydrogen-bond donors (Lipinski definition) is 1. The first-order valence-corrected chi connectivity index (χ1v) is 51.2. The van der Waals surface area contributed by atoms with Crippen LogP contribution in [0.3, 0.4) is 0 Å². The second-order valence-corrected chi connectivity index (χ2v) is 43.7. The van der Waals surface area contributed by atoms with Gasteiger partial charge in [-0.05, 0) is 517 Å². The first-order valence-electron chi connectivity index (χ1n) is 51.2. The number of aliphatic hydroxyl groups excluding tert-OH is 1. The summed E-state index contributed by atoms with van der Waals surface area (Å²) in [4.78, 5) is 0. The molecule has 1 nitrogen and oxygen atoms in total. The SMILES string of the molecule is CCCO.Cc1cc(C)c2cc1C1CCCC3c4cc(c(C)cc4C)C4CCCC5c6cc(c(C)cc6C)C6CCCC2c2cc(c(C)cc2C)[C@H]2CCC[C@@H](c7cc1c(C)cc7C)c1cc(c(C)cc1C)[C@H](CCC[C@@H](c1cc4c(C)cc1C)c1cc(c(C)cc1C)[C@H](CCC[C@@H](c1cc6c(C)cc1C)c1cc2c(C)cc1C)c1cc5c(C)cc1C)c1cc3c(C)cc1C. The topological polar surface area (TPSA) is 20.2 Å². The fraction of sp³-hybridized carbons (Fsp3) is 0.442. The minimum absolute atomic E-state index is 0.158. The minimum atomic E-state index is 0.158. The van der Waals surface area contributed by atoms with E-state index in [0.717, 1.165) is 122 Å². The lowest BCUT2D eigenvalue weighted by Gasteiger charge is -2.34. The van der Waals surface area contributed by atoms with Crippen LogP contribution in [0.25, 0.3) is 0 Å². The minimum Gasteiger partial charge on any atom is -0.396 e. The summed E-state index contributed by atoms with van der Waals surface area (Å²) in [6, 6.07) is 66.5. The number of hydrogen-bond acceptors (Lipinski definition) is 1. The van der Waals surface area contributed by atoms with Crippen molar-refractivity contribution in [3.63, 3.8) is 0 Å². The molecule has 7 aliphatic carbocycles. The molecular weight excluding hydrogens is 1570 g/mol. The molecular formula is C129H152O. The van der Waals surface area contributed by atoms with Gasteiger partial charge >= 0.3 is 0 Å². The van der Waals surface area contributed by atoms with Crippen LogP contribution in [0.1, 0.15) is 467 Å². The average molecular weight is 1720 g/mol. The zero-order valence-electron chi connectivity index (χ0n) is 84.4. The van der Waals surface area contributed by atoms with E-state index in [0.29, 0.717) is 6.61 Å². The van der Waals surface area contributed by atoms with Gasteiger partial charge in [0.2, 0.25) is 0 Å². The summed E-state index contributed by atoms with van der Waals surface area (Å²) < 4.78 is 0. The lowest BCUT2D eigenvalue weighted by Crippen LogP contribution is -2.18. The Labute approximate surface area is 785 Å². The number of fused-ring (bicyclic) bond motifs is 24. The molecule has 0 radical (unpaired) electrons. The van der Waals surface area contributed by atoms with E-state index in [1.54, 1.807) is 0 Å². The van der Waals surface area contributed by atoms with E-state index in [1.807, 2.05) is 6.92 Å². The van der Waals surface area contributed by atoms with Crippen LogP contribution < -0.4 is 0 Å². The molecule has 19 rings (SSSR count). The fourth-order valence-corrected chi connectivity index (χ4v) is 28.5. The van der Waals surface area contributed by atoms with Gasteiger partial charge in [-0.15, -0.1) is 0 Å². The highest BCUT2D eigenvalue weighted by molar-refractivity contribution is 5.63. The molecule has 36 bridgehead atoms. The normalized spacial score (nSPS) is 22.2. The smallest absolute Gasteiger partial charge is 0.0428 e. The van der Waals surface area contributed by atoms with Crippen LogP contribution in [0.5, 0.6) is 0 Å². The number of rotatable bonds is 1. The maximum absolute atomic E-state index is 7.88. The van der Waals surface area contributed by atoms with Crippen molar-refractivity contribution in [1.82, 2.24) is 0 Å². The maximum Gasteiger partial charge on any atom is 0.0428 e. The van der Waals surface area contributed by atoms with E-state index in [2.05, 4.69) is 312 Å². The molecule has 674 valence electrons. The molecule has 12 aromatic rings. The summed E-state index contributed by atoms with van der Waals surface area (Å²) in [5, 5.41) is 7.88. The Hall–Kier alpha value is -9.40. The van der Waals surface area contributed by atoms with Crippen LogP contribution in [0, 0.1) is 166 Å². The van der Waals surface area contributed by atoms with Crippen molar-refractivity contribution in [2.75, 3.05) is 6.61 Å². The second-order valence-electron chi connectivity index (χ2n) is 43.7. The highest BCUT2D eigenvalue weighted by atomic mass is 16.2. The van der Waals surface area contributed by atoms with Gasteiger partial charge in [0, 0.05) is 77.6 Å². The zero-order chi connectivity index (χ0) is 91.8. The van der Waals surface area contributed by atoms with Crippen LogP contribution in [-0.4, -0.2) is 11.7 Å². The fourth-order valence-electron chi connectivity index (χ4n) is 28.5. The first-order chi connectivity index (χ1) is 62.3. The summed E-state index contributed by atoms with van der Waals surface area (Å²) in [5.74, 6) is 1.90. The Morgan fingerprint density at radius 2 is 0.200 bits per heavy atom. The summed E-state index contributed by atoms with van der Waals surface area (Å²) in [5.41, 5.74) is 71.3.